The largest absolute Gasteiger partial charge is 0.325 e. The molecule has 0 bridgehead atoms. The van der Waals surface area contributed by atoms with Crippen molar-refractivity contribution >= 4 is 34.7 Å². The number of benzene rings is 1. The zero-order valence-electron chi connectivity index (χ0n) is 13.4. The van der Waals surface area contributed by atoms with Crippen LogP contribution in [0.5, 0.6) is 0 Å². The van der Waals surface area contributed by atoms with Gasteiger partial charge in [-0.2, -0.15) is 0 Å². The molecule has 2 aromatic heterocycles. The van der Waals surface area contributed by atoms with Gasteiger partial charge in [0.1, 0.15) is 5.82 Å². The number of rotatable bonds is 6. The van der Waals surface area contributed by atoms with Crippen LogP contribution in [0.15, 0.2) is 46.9 Å². The second-order valence-electron chi connectivity index (χ2n) is 5.39. The van der Waals surface area contributed by atoms with Crippen molar-refractivity contribution < 1.29 is 4.79 Å². The highest BCUT2D eigenvalue weighted by molar-refractivity contribution is 8.00. The van der Waals surface area contributed by atoms with Gasteiger partial charge in [-0.1, -0.05) is 36.0 Å². The van der Waals surface area contributed by atoms with Gasteiger partial charge in [0.25, 0.3) is 0 Å². The molecule has 3 rings (SSSR count). The number of para-hydroxylation sites is 1. The summed E-state index contributed by atoms with van der Waals surface area (Å²) in [6.45, 7) is 3.83. The molecule has 7 heteroatoms. The Morgan fingerprint density at radius 1 is 1.33 bits per heavy atom. The minimum Gasteiger partial charge on any atom is -0.325 e. The maximum absolute atomic E-state index is 12.3. The third-order valence-corrected chi connectivity index (χ3v) is 5.32. The number of thioether (sulfide) groups is 1. The Bertz CT molecular complexity index is 814. The molecule has 1 amide bonds. The first-order chi connectivity index (χ1) is 11.6. The average Bonchev–Trinajstić information content (AvgIpc) is 3.22. The van der Waals surface area contributed by atoms with E-state index in [4.69, 9.17) is 0 Å². The van der Waals surface area contributed by atoms with Gasteiger partial charge in [0, 0.05) is 17.0 Å². The number of carbonyl (C=O) groups is 1. The summed E-state index contributed by atoms with van der Waals surface area (Å²) in [5.74, 6) is 0.755. The molecule has 2 heterocycles. The molecule has 124 valence electrons. The number of H-pyrrole nitrogens is 1. The Balaban J connectivity index is 1.58. The van der Waals surface area contributed by atoms with Gasteiger partial charge in [0.2, 0.25) is 11.1 Å². The van der Waals surface area contributed by atoms with Crippen LogP contribution in [0.4, 0.5) is 5.69 Å². The summed E-state index contributed by atoms with van der Waals surface area (Å²) in [5.41, 5.74) is 1.88. The first-order valence-electron chi connectivity index (χ1n) is 7.58. The lowest BCUT2D eigenvalue weighted by Gasteiger charge is -2.11. The van der Waals surface area contributed by atoms with E-state index in [9.17, 15) is 4.79 Å². The lowest BCUT2D eigenvalue weighted by molar-refractivity contribution is -0.115. The van der Waals surface area contributed by atoms with E-state index >= 15 is 0 Å². The van der Waals surface area contributed by atoms with E-state index in [-0.39, 0.29) is 11.2 Å². The van der Waals surface area contributed by atoms with E-state index in [1.807, 2.05) is 49.6 Å². The summed E-state index contributed by atoms with van der Waals surface area (Å²) < 4.78 is 0. The maximum Gasteiger partial charge on any atom is 0.237 e. The van der Waals surface area contributed by atoms with E-state index in [0.29, 0.717) is 5.16 Å². The van der Waals surface area contributed by atoms with Gasteiger partial charge in [0.15, 0.2) is 0 Å². The molecule has 1 atom stereocenters. The van der Waals surface area contributed by atoms with E-state index in [1.54, 1.807) is 11.3 Å². The van der Waals surface area contributed by atoms with Gasteiger partial charge in [-0.05, 0) is 36.9 Å². The number of amides is 1. The zero-order valence-corrected chi connectivity index (χ0v) is 15.1. The number of aryl methyl sites for hydroxylation is 1. The number of nitrogens with one attached hydrogen (secondary N) is 2. The number of thiophene rings is 1. The number of hydrogen-bond acceptors (Lipinski definition) is 5. The van der Waals surface area contributed by atoms with Crippen molar-refractivity contribution in [2.75, 3.05) is 5.32 Å². The van der Waals surface area contributed by atoms with E-state index in [0.717, 1.165) is 23.5 Å². The van der Waals surface area contributed by atoms with Crippen LogP contribution in [0.2, 0.25) is 0 Å². The number of hydrogen-bond donors (Lipinski definition) is 2. The standard InChI is InChI=1S/C17H18N4OS2/c1-11-6-3-4-8-14(11)18-16(22)12(2)24-17-19-15(20-21-17)10-13-7-5-9-23-13/h3-9,12H,10H2,1-2H3,(H,18,22)(H,19,20,21). The third-order valence-electron chi connectivity index (χ3n) is 3.49. The molecule has 5 nitrogen and oxygen atoms in total. The molecular formula is C17H18N4OS2. The summed E-state index contributed by atoms with van der Waals surface area (Å²) in [5, 5.41) is 12.4. The summed E-state index contributed by atoms with van der Waals surface area (Å²) >= 11 is 3.04. The molecule has 1 unspecified atom stereocenters. The molecule has 0 radical (unpaired) electrons. The Labute approximate surface area is 148 Å². The first-order valence-corrected chi connectivity index (χ1v) is 9.34. The molecule has 3 aromatic rings. The minimum absolute atomic E-state index is 0.0566. The molecule has 0 aliphatic heterocycles. The van der Waals surface area contributed by atoms with Crippen LogP contribution in [-0.4, -0.2) is 26.3 Å². The minimum atomic E-state index is -0.282. The average molecular weight is 358 g/mol. The lowest BCUT2D eigenvalue weighted by atomic mass is 10.2. The Morgan fingerprint density at radius 3 is 2.92 bits per heavy atom. The second-order valence-corrected chi connectivity index (χ2v) is 7.73. The van der Waals surface area contributed by atoms with Gasteiger partial charge in [-0.15, -0.1) is 16.4 Å². The van der Waals surface area contributed by atoms with Crippen molar-refractivity contribution in [2.24, 2.45) is 0 Å². The second kappa shape index (κ2) is 7.63. The van der Waals surface area contributed by atoms with Crippen molar-refractivity contribution in [1.82, 2.24) is 15.2 Å². The molecule has 1 aromatic carbocycles. The van der Waals surface area contributed by atoms with Crippen LogP contribution in [0.1, 0.15) is 23.2 Å². The lowest BCUT2D eigenvalue weighted by Crippen LogP contribution is -2.22. The molecule has 0 saturated heterocycles. The smallest absolute Gasteiger partial charge is 0.237 e. The molecule has 0 aliphatic rings. The van der Waals surface area contributed by atoms with Crippen molar-refractivity contribution in [1.29, 1.82) is 0 Å². The van der Waals surface area contributed by atoms with Crippen molar-refractivity contribution in [3.05, 3.63) is 58.0 Å². The van der Waals surface area contributed by atoms with Crippen molar-refractivity contribution in [3.63, 3.8) is 0 Å². The SMILES string of the molecule is Cc1ccccc1NC(=O)C(C)Sc1n[nH]c(Cc2cccs2)n1. The number of nitrogens with zero attached hydrogens (tertiary/aromatic N) is 2. The molecule has 2 N–H and O–H groups in total. The summed E-state index contributed by atoms with van der Waals surface area (Å²) in [4.78, 5) is 18.0. The van der Waals surface area contributed by atoms with Crippen LogP contribution < -0.4 is 5.32 Å². The van der Waals surface area contributed by atoms with Crippen molar-refractivity contribution in [2.45, 2.75) is 30.7 Å². The van der Waals surface area contributed by atoms with Gasteiger partial charge in [-0.25, -0.2) is 4.98 Å². The van der Waals surface area contributed by atoms with Crippen LogP contribution in [0, 0.1) is 6.92 Å². The highest BCUT2D eigenvalue weighted by Gasteiger charge is 2.18. The Morgan fingerprint density at radius 2 is 2.17 bits per heavy atom. The first kappa shape index (κ1) is 16.7. The fraction of sp³-hybridized carbons (Fsp3) is 0.235. The Kier molecular flexibility index (Phi) is 5.32. The van der Waals surface area contributed by atoms with Crippen LogP contribution in [0.25, 0.3) is 0 Å². The zero-order chi connectivity index (χ0) is 16.9. The topological polar surface area (TPSA) is 70.7 Å². The normalized spacial score (nSPS) is 12.1. The number of aromatic amines is 1. The highest BCUT2D eigenvalue weighted by atomic mass is 32.2. The maximum atomic E-state index is 12.3. The molecule has 0 aliphatic carbocycles. The summed E-state index contributed by atoms with van der Waals surface area (Å²) in [7, 11) is 0. The Hall–Kier alpha value is -2.12. The number of carbonyl (C=O) groups excluding carboxylic acids is 1. The van der Waals surface area contributed by atoms with Crippen LogP contribution in [0.3, 0.4) is 0 Å². The predicted molar refractivity (Wildman–Crippen MR) is 98.6 cm³/mol. The fourth-order valence-electron chi connectivity index (χ4n) is 2.15. The van der Waals surface area contributed by atoms with Crippen LogP contribution >= 0.6 is 23.1 Å². The number of anilines is 1. The van der Waals surface area contributed by atoms with Gasteiger partial charge in [-0.3, -0.25) is 9.89 Å². The molecule has 0 spiro atoms. The summed E-state index contributed by atoms with van der Waals surface area (Å²) in [6.07, 6.45) is 0.731. The molecule has 0 saturated carbocycles. The predicted octanol–water partition coefficient (Wildman–Crippen LogP) is 3.88. The summed E-state index contributed by atoms with van der Waals surface area (Å²) in [6, 6.07) is 11.8. The van der Waals surface area contributed by atoms with Gasteiger partial charge in [0.05, 0.1) is 5.25 Å². The number of aromatic nitrogens is 3. The fourth-order valence-corrected chi connectivity index (χ4v) is 3.60. The highest BCUT2D eigenvalue weighted by Crippen LogP contribution is 2.22. The van der Waals surface area contributed by atoms with Crippen molar-refractivity contribution in [3.8, 4) is 0 Å². The van der Waals surface area contributed by atoms with Gasteiger partial charge < -0.3 is 5.32 Å². The molecular weight excluding hydrogens is 340 g/mol. The molecule has 24 heavy (non-hydrogen) atoms. The van der Waals surface area contributed by atoms with Gasteiger partial charge >= 0.3 is 0 Å². The molecule has 0 fully saturated rings. The monoisotopic (exact) mass is 358 g/mol. The van der Waals surface area contributed by atoms with E-state index < -0.39 is 0 Å². The van der Waals surface area contributed by atoms with E-state index in [2.05, 4.69) is 26.6 Å². The van der Waals surface area contributed by atoms with Crippen LogP contribution in [-0.2, 0) is 11.2 Å². The third kappa shape index (κ3) is 4.24. The van der Waals surface area contributed by atoms with E-state index in [1.165, 1.54) is 16.6 Å². The quantitative estimate of drug-likeness (QED) is 0.656.